The minimum Gasteiger partial charge on any atom is -0.432 e. The molecule has 2 unspecified atom stereocenters. The van der Waals surface area contributed by atoms with Gasteiger partial charge in [0.05, 0.1) is 5.69 Å². The molecule has 2 N–H and O–H groups in total. The van der Waals surface area contributed by atoms with Crippen LogP contribution in [0.25, 0.3) is 0 Å². The van der Waals surface area contributed by atoms with Crippen LogP contribution in [0.5, 0.6) is 0 Å². The Balaban J connectivity index is 2.11. The number of hydrogen-bond acceptors (Lipinski definition) is 3. The van der Waals surface area contributed by atoms with E-state index in [0.717, 1.165) is 17.8 Å². The van der Waals surface area contributed by atoms with Crippen molar-refractivity contribution in [3.8, 4) is 0 Å². The SMILES string of the molecule is CB(O)N1CC(C)C2C1=CC(=O)c1[nH]ccc12. The van der Waals surface area contributed by atoms with E-state index in [2.05, 4.69) is 11.9 Å². The van der Waals surface area contributed by atoms with Crippen molar-refractivity contribution >= 4 is 12.8 Å². The molecule has 0 aromatic carbocycles. The fourth-order valence-electron chi connectivity index (χ4n) is 3.06. The molecule has 2 atom stereocenters. The largest absolute Gasteiger partial charge is 0.432 e. The minimum atomic E-state index is -0.540. The Labute approximate surface area is 100 Å². The molecule has 1 aliphatic heterocycles. The predicted molar refractivity (Wildman–Crippen MR) is 65.7 cm³/mol. The lowest BCUT2D eigenvalue weighted by Crippen LogP contribution is -2.34. The van der Waals surface area contributed by atoms with Gasteiger partial charge in [0.15, 0.2) is 0 Å². The maximum absolute atomic E-state index is 11.9. The fraction of sp³-hybridized carbons (Fsp3) is 0.417. The van der Waals surface area contributed by atoms with E-state index >= 15 is 0 Å². The van der Waals surface area contributed by atoms with Crippen LogP contribution in [0.1, 0.15) is 28.9 Å². The molecule has 0 radical (unpaired) electrons. The van der Waals surface area contributed by atoms with Crippen molar-refractivity contribution in [2.75, 3.05) is 6.54 Å². The third kappa shape index (κ3) is 1.38. The van der Waals surface area contributed by atoms with Gasteiger partial charge in [-0.3, -0.25) is 4.79 Å². The van der Waals surface area contributed by atoms with Crippen LogP contribution in [-0.2, 0) is 0 Å². The fourth-order valence-corrected chi connectivity index (χ4v) is 3.06. The number of carbonyl (C=O) groups excluding carboxylic acids is 1. The summed E-state index contributed by atoms with van der Waals surface area (Å²) in [6.45, 7) is 4.70. The van der Waals surface area contributed by atoms with Crippen LogP contribution >= 0.6 is 0 Å². The average molecular weight is 230 g/mol. The Morgan fingerprint density at radius 3 is 3.06 bits per heavy atom. The van der Waals surface area contributed by atoms with E-state index in [4.69, 9.17) is 0 Å². The van der Waals surface area contributed by atoms with Crippen LogP contribution in [-0.4, -0.2) is 34.2 Å². The van der Waals surface area contributed by atoms with E-state index < -0.39 is 7.05 Å². The third-order valence-corrected chi connectivity index (χ3v) is 3.79. The molecule has 88 valence electrons. The van der Waals surface area contributed by atoms with Gasteiger partial charge in [0.25, 0.3) is 0 Å². The van der Waals surface area contributed by atoms with Gasteiger partial charge in [-0.05, 0) is 24.4 Å². The van der Waals surface area contributed by atoms with E-state index in [1.165, 1.54) is 0 Å². The van der Waals surface area contributed by atoms with Gasteiger partial charge < -0.3 is 14.8 Å². The number of hydrogen-bond donors (Lipinski definition) is 2. The molecule has 1 aromatic heterocycles. The maximum Gasteiger partial charge on any atom is 0.409 e. The number of aromatic amines is 1. The first-order chi connectivity index (χ1) is 8.09. The zero-order chi connectivity index (χ0) is 12.2. The van der Waals surface area contributed by atoms with Gasteiger partial charge in [0, 0.05) is 30.4 Å². The molecule has 2 heterocycles. The maximum atomic E-state index is 11.9. The van der Waals surface area contributed by atoms with Crippen LogP contribution in [0.2, 0.25) is 6.82 Å². The van der Waals surface area contributed by atoms with E-state index in [1.807, 2.05) is 17.1 Å². The van der Waals surface area contributed by atoms with Crippen molar-refractivity contribution in [1.29, 1.82) is 0 Å². The second kappa shape index (κ2) is 3.50. The van der Waals surface area contributed by atoms with Crippen molar-refractivity contribution in [3.63, 3.8) is 0 Å². The highest BCUT2D eigenvalue weighted by molar-refractivity contribution is 6.46. The molecular weight excluding hydrogens is 215 g/mol. The monoisotopic (exact) mass is 230 g/mol. The Bertz CT molecular complexity index is 506. The normalized spacial score (nSPS) is 26.6. The highest BCUT2D eigenvalue weighted by atomic mass is 16.2. The highest BCUT2D eigenvalue weighted by Crippen LogP contribution is 2.44. The summed E-state index contributed by atoms with van der Waals surface area (Å²) in [6, 6.07) is 1.98. The molecule has 0 saturated carbocycles. The molecule has 2 aliphatic rings. The number of rotatable bonds is 1. The van der Waals surface area contributed by atoms with Crippen LogP contribution in [0.3, 0.4) is 0 Å². The molecule has 17 heavy (non-hydrogen) atoms. The van der Waals surface area contributed by atoms with Crippen LogP contribution in [0, 0.1) is 5.92 Å². The molecule has 0 amide bonds. The second-order valence-corrected chi connectivity index (χ2v) is 4.98. The van der Waals surface area contributed by atoms with E-state index in [9.17, 15) is 9.82 Å². The molecule has 1 saturated heterocycles. The van der Waals surface area contributed by atoms with Crippen molar-refractivity contribution in [1.82, 2.24) is 9.79 Å². The number of aromatic nitrogens is 1. The van der Waals surface area contributed by atoms with Crippen LogP contribution in [0.15, 0.2) is 24.0 Å². The van der Waals surface area contributed by atoms with Gasteiger partial charge in [0.2, 0.25) is 5.78 Å². The lowest BCUT2D eigenvalue weighted by molar-refractivity contribution is 0.103. The van der Waals surface area contributed by atoms with Crippen LogP contribution in [0.4, 0.5) is 0 Å². The summed E-state index contributed by atoms with van der Waals surface area (Å²) in [5.74, 6) is 0.665. The first-order valence-corrected chi connectivity index (χ1v) is 5.97. The lowest BCUT2D eigenvalue weighted by Gasteiger charge is -2.25. The van der Waals surface area contributed by atoms with Crippen LogP contribution < -0.4 is 0 Å². The number of ketones is 1. The summed E-state index contributed by atoms with van der Waals surface area (Å²) >= 11 is 0. The quantitative estimate of drug-likeness (QED) is 0.713. The van der Waals surface area contributed by atoms with Crippen molar-refractivity contribution < 1.29 is 9.82 Å². The first-order valence-electron chi connectivity index (χ1n) is 5.97. The van der Waals surface area contributed by atoms with Gasteiger partial charge >= 0.3 is 7.05 Å². The molecule has 1 aliphatic carbocycles. The highest BCUT2D eigenvalue weighted by Gasteiger charge is 2.42. The number of carbonyl (C=O) groups is 1. The number of fused-ring (bicyclic) bond motifs is 3. The Kier molecular flexibility index (Phi) is 2.19. The van der Waals surface area contributed by atoms with Gasteiger partial charge in [-0.15, -0.1) is 0 Å². The Hall–Kier alpha value is -1.49. The molecule has 0 bridgehead atoms. The van der Waals surface area contributed by atoms with E-state index in [0.29, 0.717) is 11.6 Å². The second-order valence-electron chi connectivity index (χ2n) is 4.98. The summed E-state index contributed by atoms with van der Waals surface area (Å²) in [6.07, 6.45) is 3.48. The molecule has 3 rings (SSSR count). The molecular formula is C12H15BN2O2. The topological polar surface area (TPSA) is 56.3 Å². The zero-order valence-electron chi connectivity index (χ0n) is 9.97. The lowest BCUT2D eigenvalue weighted by atomic mass is 9.81. The average Bonchev–Trinajstić information content (AvgIpc) is 2.83. The van der Waals surface area contributed by atoms with Crippen molar-refractivity contribution in [2.45, 2.75) is 19.7 Å². The molecule has 5 heteroatoms. The molecule has 0 spiro atoms. The number of nitrogens with one attached hydrogen (secondary N) is 1. The van der Waals surface area contributed by atoms with Crippen molar-refractivity contribution in [3.05, 3.63) is 35.3 Å². The smallest absolute Gasteiger partial charge is 0.409 e. The van der Waals surface area contributed by atoms with Gasteiger partial charge in [-0.1, -0.05) is 6.92 Å². The van der Waals surface area contributed by atoms with Crippen molar-refractivity contribution in [2.24, 2.45) is 5.92 Å². The van der Waals surface area contributed by atoms with Gasteiger partial charge in [-0.25, -0.2) is 0 Å². The standard InChI is InChI=1S/C12H15BN2O2/c1-7-6-15(13(2)17)9-5-10(16)12-8(11(7)9)3-4-14-12/h3-5,7,11,14,17H,6H2,1-2H3. The van der Waals surface area contributed by atoms with E-state index in [-0.39, 0.29) is 11.7 Å². The summed E-state index contributed by atoms with van der Waals surface area (Å²) in [5.41, 5.74) is 2.74. The number of nitrogens with zero attached hydrogens (tertiary/aromatic N) is 1. The number of allylic oxidation sites excluding steroid dienone is 2. The number of H-pyrrole nitrogens is 1. The molecule has 4 nitrogen and oxygen atoms in total. The third-order valence-electron chi connectivity index (χ3n) is 3.79. The van der Waals surface area contributed by atoms with Gasteiger partial charge in [0.1, 0.15) is 0 Å². The summed E-state index contributed by atoms with van der Waals surface area (Å²) < 4.78 is 0. The van der Waals surface area contributed by atoms with E-state index in [1.54, 1.807) is 12.9 Å². The Morgan fingerprint density at radius 1 is 1.59 bits per heavy atom. The molecule has 1 aromatic rings. The summed E-state index contributed by atoms with van der Waals surface area (Å²) in [4.78, 5) is 16.9. The van der Waals surface area contributed by atoms with Gasteiger partial charge in [-0.2, -0.15) is 0 Å². The molecule has 1 fully saturated rings. The predicted octanol–water partition coefficient (Wildman–Crippen LogP) is 1.24. The summed E-state index contributed by atoms with van der Waals surface area (Å²) in [5, 5.41) is 9.76. The minimum absolute atomic E-state index is 0.0102. The zero-order valence-corrected chi connectivity index (χ0v) is 9.97. The first kappa shape index (κ1) is 10.7. The Morgan fingerprint density at radius 2 is 2.35 bits per heavy atom. The summed E-state index contributed by atoms with van der Waals surface area (Å²) in [7, 11) is -0.540.